The van der Waals surface area contributed by atoms with E-state index in [9.17, 15) is 9.59 Å². The second-order valence-corrected chi connectivity index (χ2v) is 7.53. The second-order valence-electron chi connectivity index (χ2n) is 6.50. The predicted molar refractivity (Wildman–Crippen MR) is 112 cm³/mol. The molecule has 7 heteroatoms. The molecule has 1 aromatic heterocycles. The van der Waals surface area contributed by atoms with Crippen molar-refractivity contribution in [3.8, 4) is 0 Å². The highest BCUT2D eigenvalue weighted by molar-refractivity contribution is 8.18. The summed E-state index contributed by atoms with van der Waals surface area (Å²) in [5.41, 5.74) is 3.56. The van der Waals surface area contributed by atoms with E-state index < -0.39 is 5.97 Å². The summed E-state index contributed by atoms with van der Waals surface area (Å²) in [5.74, 6) is -1.23. The molecular formula is C21H17N3O3S. The number of carbonyl (C=O) groups excluding carboxylic acids is 1. The number of hydrogen-bond donors (Lipinski definition) is 2. The van der Waals surface area contributed by atoms with Gasteiger partial charge in [0.2, 0.25) is 0 Å². The third-order valence-corrected chi connectivity index (χ3v) is 5.45. The van der Waals surface area contributed by atoms with Gasteiger partial charge in [0.15, 0.2) is 5.17 Å². The fourth-order valence-corrected chi connectivity index (χ4v) is 3.91. The number of amides is 1. The first kappa shape index (κ1) is 18.1. The first-order valence-electron chi connectivity index (χ1n) is 8.60. The van der Waals surface area contributed by atoms with Crippen molar-refractivity contribution in [3.05, 3.63) is 70.3 Å². The molecule has 0 aliphatic carbocycles. The smallest absolute Gasteiger partial charge is 0.335 e. The van der Waals surface area contributed by atoms with Gasteiger partial charge in [0.25, 0.3) is 5.91 Å². The monoisotopic (exact) mass is 391 g/mol. The van der Waals surface area contributed by atoms with Crippen LogP contribution in [0.15, 0.2) is 58.6 Å². The summed E-state index contributed by atoms with van der Waals surface area (Å²) in [6.45, 7) is 1.85. The molecule has 1 aliphatic heterocycles. The molecule has 0 unspecified atom stereocenters. The number of fused-ring (bicyclic) bond motifs is 1. The Morgan fingerprint density at radius 1 is 1.25 bits per heavy atom. The first-order valence-corrected chi connectivity index (χ1v) is 9.41. The minimum absolute atomic E-state index is 0.158. The van der Waals surface area contributed by atoms with E-state index in [2.05, 4.69) is 10.3 Å². The van der Waals surface area contributed by atoms with E-state index in [-0.39, 0.29) is 11.5 Å². The van der Waals surface area contributed by atoms with Crippen LogP contribution in [0, 0.1) is 6.92 Å². The van der Waals surface area contributed by atoms with Crippen LogP contribution in [0.5, 0.6) is 0 Å². The number of carboxylic acids is 1. The van der Waals surface area contributed by atoms with Gasteiger partial charge in [-0.1, -0.05) is 24.3 Å². The van der Waals surface area contributed by atoms with Crippen molar-refractivity contribution in [1.29, 1.82) is 0 Å². The van der Waals surface area contributed by atoms with Crippen LogP contribution in [0.4, 0.5) is 5.69 Å². The molecule has 1 amide bonds. The number of thioether (sulfide) groups is 1. The molecule has 1 saturated heterocycles. The van der Waals surface area contributed by atoms with E-state index in [1.54, 1.807) is 6.07 Å². The van der Waals surface area contributed by atoms with Gasteiger partial charge < -0.3 is 15.0 Å². The molecule has 0 radical (unpaired) electrons. The van der Waals surface area contributed by atoms with Crippen LogP contribution in [0.3, 0.4) is 0 Å². The topological polar surface area (TPSA) is 83.7 Å². The molecule has 0 bridgehead atoms. The first-order chi connectivity index (χ1) is 13.4. The highest BCUT2D eigenvalue weighted by atomic mass is 32.2. The number of hydrogen-bond acceptors (Lipinski definition) is 4. The SMILES string of the molecule is Cc1ccc(C(=O)O)cc1N=C1NC(=O)/C(=C/c2cn(C)c3ccccc23)S1. The molecule has 6 nitrogen and oxygen atoms in total. The zero-order valence-electron chi connectivity index (χ0n) is 15.3. The van der Waals surface area contributed by atoms with Crippen molar-refractivity contribution in [2.75, 3.05) is 0 Å². The number of rotatable bonds is 3. The van der Waals surface area contributed by atoms with Gasteiger partial charge in [-0.25, -0.2) is 9.79 Å². The van der Waals surface area contributed by atoms with Crippen molar-refractivity contribution in [2.45, 2.75) is 6.92 Å². The summed E-state index contributed by atoms with van der Waals surface area (Å²) >= 11 is 1.24. The van der Waals surface area contributed by atoms with Crippen molar-refractivity contribution in [2.24, 2.45) is 12.0 Å². The summed E-state index contributed by atoms with van der Waals surface area (Å²) in [5, 5.41) is 13.4. The maximum Gasteiger partial charge on any atom is 0.335 e. The van der Waals surface area contributed by atoms with Crippen LogP contribution < -0.4 is 5.32 Å². The number of aryl methyl sites for hydroxylation is 2. The zero-order chi connectivity index (χ0) is 19.8. The quantitative estimate of drug-likeness (QED) is 0.659. The molecule has 1 fully saturated rings. The minimum atomic E-state index is -1.01. The summed E-state index contributed by atoms with van der Waals surface area (Å²) in [4.78, 5) is 28.6. The highest BCUT2D eigenvalue weighted by Gasteiger charge is 2.24. The summed E-state index contributed by atoms with van der Waals surface area (Å²) < 4.78 is 2.02. The highest BCUT2D eigenvalue weighted by Crippen LogP contribution is 2.31. The van der Waals surface area contributed by atoms with E-state index in [0.29, 0.717) is 15.8 Å². The van der Waals surface area contributed by atoms with E-state index in [0.717, 1.165) is 22.0 Å². The Hall–Kier alpha value is -3.32. The molecule has 140 valence electrons. The molecule has 0 saturated carbocycles. The molecule has 3 aromatic rings. The molecule has 2 N–H and O–H groups in total. The normalized spacial score (nSPS) is 16.9. The maximum absolute atomic E-state index is 12.4. The van der Waals surface area contributed by atoms with E-state index in [4.69, 9.17) is 5.11 Å². The van der Waals surface area contributed by atoms with Gasteiger partial charge in [-0.2, -0.15) is 0 Å². The molecule has 28 heavy (non-hydrogen) atoms. The summed E-state index contributed by atoms with van der Waals surface area (Å²) in [7, 11) is 1.97. The number of benzene rings is 2. The molecule has 2 heterocycles. The van der Waals surface area contributed by atoms with Crippen molar-refractivity contribution in [1.82, 2.24) is 9.88 Å². The van der Waals surface area contributed by atoms with Crippen LogP contribution in [0.25, 0.3) is 17.0 Å². The van der Waals surface area contributed by atoms with Gasteiger partial charge in [0.05, 0.1) is 16.2 Å². The van der Waals surface area contributed by atoms with Gasteiger partial charge in [-0.3, -0.25) is 4.79 Å². The van der Waals surface area contributed by atoms with Crippen LogP contribution in [0.1, 0.15) is 21.5 Å². The average Bonchev–Trinajstić information content (AvgIpc) is 3.17. The Labute approximate surface area is 165 Å². The summed E-state index contributed by atoms with van der Waals surface area (Å²) in [6, 6.07) is 12.7. The minimum Gasteiger partial charge on any atom is -0.478 e. The lowest BCUT2D eigenvalue weighted by atomic mass is 10.1. The van der Waals surface area contributed by atoms with Crippen LogP contribution in [-0.4, -0.2) is 26.7 Å². The van der Waals surface area contributed by atoms with Crippen LogP contribution >= 0.6 is 11.8 Å². The third-order valence-electron chi connectivity index (χ3n) is 4.54. The molecule has 1 aliphatic rings. The molecule has 0 spiro atoms. The second kappa shape index (κ2) is 7.01. The Morgan fingerprint density at radius 2 is 2.04 bits per heavy atom. The van der Waals surface area contributed by atoms with Gasteiger partial charge in [-0.05, 0) is 48.5 Å². The Balaban J connectivity index is 1.68. The number of carboxylic acid groups (broad SMARTS) is 1. The fourth-order valence-electron chi connectivity index (χ4n) is 3.08. The van der Waals surface area contributed by atoms with Gasteiger partial charge in [0.1, 0.15) is 0 Å². The van der Waals surface area contributed by atoms with Gasteiger partial charge in [-0.15, -0.1) is 0 Å². The van der Waals surface area contributed by atoms with E-state index >= 15 is 0 Å². The zero-order valence-corrected chi connectivity index (χ0v) is 16.1. The number of carbonyl (C=O) groups is 2. The number of nitrogens with one attached hydrogen (secondary N) is 1. The molecule has 2 aromatic carbocycles. The van der Waals surface area contributed by atoms with Crippen molar-refractivity contribution >= 4 is 51.5 Å². The van der Waals surface area contributed by atoms with Crippen LogP contribution in [-0.2, 0) is 11.8 Å². The average molecular weight is 391 g/mol. The van der Waals surface area contributed by atoms with Crippen LogP contribution in [0.2, 0.25) is 0 Å². The lowest BCUT2D eigenvalue weighted by Gasteiger charge is -2.03. The van der Waals surface area contributed by atoms with Gasteiger partial charge >= 0.3 is 5.97 Å². The molecule has 0 atom stereocenters. The van der Waals surface area contributed by atoms with Crippen molar-refractivity contribution in [3.63, 3.8) is 0 Å². The molecule has 4 rings (SSSR count). The standard InChI is InChI=1S/C21H17N3O3S/c1-12-7-8-13(20(26)27)9-16(12)22-21-23-19(25)18(28-21)10-14-11-24(2)17-6-4-3-5-15(14)17/h3-11H,1-2H3,(H,26,27)(H,22,23,25)/b18-10-. The number of aliphatic imine (C=N–C) groups is 1. The number of aromatic carboxylic acids is 1. The predicted octanol–water partition coefficient (Wildman–Crippen LogP) is 4.08. The lowest BCUT2D eigenvalue weighted by molar-refractivity contribution is -0.115. The van der Waals surface area contributed by atoms with Crippen molar-refractivity contribution < 1.29 is 14.7 Å². The fraction of sp³-hybridized carbons (Fsp3) is 0.0952. The Kier molecular flexibility index (Phi) is 4.52. The Morgan fingerprint density at radius 3 is 2.82 bits per heavy atom. The number of para-hydroxylation sites is 1. The maximum atomic E-state index is 12.4. The lowest BCUT2D eigenvalue weighted by Crippen LogP contribution is -2.19. The Bertz CT molecular complexity index is 1190. The number of aromatic nitrogens is 1. The van der Waals surface area contributed by atoms with E-state index in [1.165, 1.54) is 23.9 Å². The van der Waals surface area contributed by atoms with E-state index in [1.807, 2.05) is 55.1 Å². The largest absolute Gasteiger partial charge is 0.478 e. The summed E-state index contributed by atoms with van der Waals surface area (Å²) in [6.07, 6.45) is 3.84. The number of amidine groups is 1. The third kappa shape index (κ3) is 3.32. The van der Waals surface area contributed by atoms with Gasteiger partial charge in [0, 0.05) is 29.7 Å². The number of nitrogens with zero attached hydrogens (tertiary/aromatic N) is 2. The molecular weight excluding hydrogens is 374 g/mol.